The number of carbonyl (C=O) groups is 2. The van der Waals surface area contributed by atoms with Gasteiger partial charge < -0.3 is 64.9 Å². The Balaban J connectivity index is 1.17. The van der Waals surface area contributed by atoms with Crippen LogP contribution >= 0.6 is 0 Å². The van der Waals surface area contributed by atoms with Crippen LogP contribution in [0.25, 0.3) is 0 Å². The summed E-state index contributed by atoms with van der Waals surface area (Å²) in [6, 6.07) is 0. The summed E-state index contributed by atoms with van der Waals surface area (Å²) >= 11 is 0. The molecule has 6 fully saturated rings. The van der Waals surface area contributed by atoms with E-state index in [1.54, 1.807) is 6.92 Å². The van der Waals surface area contributed by atoms with Gasteiger partial charge in [0.05, 0.1) is 31.3 Å². The summed E-state index contributed by atoms with van der Waals surface area (Å²) in [5.41, 5.74) is -2.03. The molecule has 0 spiro atoms. The number of hydrogen-bond acceptors (Lipinski definition) is 14. The van der Waals surface area contributed by atoms with Crippen LogP contribution in [0.1, 0.15) is 99.3 Å². The maximum absolute atomic E-state index is 13.8. The Labute approximate surface area is 334 Å². The lowest BCUT2D eigenvalue weighted by Gasteiger charge is -2.71. The van der Waals surface area contributed by atoms with Gasteiger partial charge in [0.1, 0.15) is 54.6 Å². The number of carboxylic acids is 1. The van der Waals surface area contributed by atoms with Gasteiger partial charge in [0.25, 0.3) is 0 Å². The smallest absolute Gasteiger partial charge is 0.309 e. The van der Waals surface area contributed by atoms with Crippen molar-refractivity contribution in [3.63, 3.8) is 0 Å². The van der Waals surface area contributed by atoms with Crippen molar-refractivity contribution in [3.8, 4) is 0 Å². The van der Waals surface area contributed by atoms with Gasteiger partial charge in [-0.05, 0) is 92.3 Å². The average molecular weight is 811 g/mol. The van der Waals surface area contributed by atoms with Crippen LogP contribution in [0, 0.1) is 50.2 Å². The first-order valence-electron chi connectivity index (χ1n) is 20.9. The fourth-order valence-corrected chi connectivity index (χ4v) is 13.5. The van der Waals surface area contributed by atoms with Crippen LogP contribution in [-0.4, -0.2) is 145 Å². The number of carboxylic acid groups (broad SMARTS) is 1. The average Bonchev–Trinajstić information content (AvgIpc) is 3.16. The summed E-state index contributed by atoms with van der Waals surface area (Å²) in [5, 5.41) is 95.0. The summed E-state index contributed by atoms with van der Waals surface area (Å²) in [7, 11) is 0. The van der Waals surface area contributed by atoms with Crippen molar-refractivity contribution in [1.82, 2.24) is 0 Å². The molecule has 2 heterocycles. The summed E-state index contributed by atoms with van der Waals surface area (Å²) in [4.78, 5) is 26.3. The Morgan fingerprint density at radius 3 is 2.02 bits per heavy atom. The molecule has 0 aromatic heterocycles. The molecule has 57 heavy (non-hydrogen) atoms. The number of ketones is 1. The van der Waals surface area contributed by atoms with Crippen molar-refractivity contribution in [2.24, 2.45) is 50.2 Å². The van der Waals surface area contributed by atoms with Gasteiger partial charge in [0.15, 0.2) is 12.6 Å². The molecule has 0 unspecified atom stereocenters. The maximum Gasteiger partial charge on any atom is 0.309 e. The monoisotopic (exact) mass is 810 g/mol. The fraction of sp³-hybridized carbons (Fsp3) is 0.905. The third-order valence-corrected chi connectivity index (χ3v) is 17.5. The number of fused-ring (bicyclic) bond motifs is 7. The zero-order valence-electron chi connectivity index (χ0n) is 34.1. The molecular weight excluding hydrogens is 744 g/mol. The molecule has 15 heteroatoms. The standard InChI is InChI=1S/C42H66O15/c1-37(36(52)53)15-21-20-7-8-25-39(3)11-10-27(40(4,19-45)24(39)9-12-42(25,6)41(20,5)14-13-38(21,2)26(46)16-37)56-35-33(31(50)29(48)23(18-44)55-35)57-34-32(51)30(49)28(47)22(17-43)54-34/h7,21-25,27-35,43-45,47-51H,8-19H2,1-6H3,(H,52,53)/t21-,22+,23+,24+,25+,27-,28+,29+,30-,31-,32+,33+,34-,35-,37+,38+,39-,40+,41+,42+/m0/s1. The van der Waals surface area contributed by atoms with E-state index >= 15 is 0 Å². The van der Waals surface area contributed by atoms with Crippen LogP contribution in [0.5, 0.6) is 0 Å². The van der Waals surface area contributed by atoms with Crippen molar-refractivity contribution in [1.29, 1.82) is 0 Å². The van der Waals surface area contributed by atoms with Gasteiger partial charge >= 0.3 is 5.97 Å². The van der Waals surface area contributed by atoms with E-state index in [1.807, 2.05) is 13.8 Å². The number of carbonyl (C=O) groups excluding carboxylic acids is 1. The number of aliphatic hydroxyl groups is 8. The van der Waals surface area contributed by atoms with Crippen molar-refractivity contribution in [2.45, 2.75) is 167 Å². The van der Waals surface area contributed by atoms with Gasteiger partial charge in [0.2, 0.25) is 0 Å². The lowest BCUT2D eigenvalue weighted by Crippen LogP contribution is -2.67. The number of aliphatic hydroxyl groups excluding tert-OH is 8. The SMILES string of the molecule is C[C@]1(C(=O)O)CC(=O)[C@]2(C)CC[C@]3(C)C(=CC[C@@H]4[C@@]5(C)CC[C@H](O[C@@H]6O[C@H](CO)[C@@H](O)[C@H](O)[C@H]6O[C@@H]6O[C@H](CO)[C@@H](O)[C@H](O)[C@H]6O)[C@](C)(CO)[C@@H]5CC[C@]43C)[C@@H]2C1. The van der Waals surface area contributed by atoms with E-state index in [2.05, 4.69) is 26.8 Å². The number of rotatable bonds is 8. The van der Waals surface area contributed by atoms with E-state index in [1.165, 1.54) is 5.57 Å². The van der Waals surface area contributed by atoms with Crippen molar-refractivity contribution >= 4 is 11.8 Å². The van der Waals surface area contributed by atoms with Crippen LogP contribution in [0.2, 0.25) is 0 Å². The van der Waals surface area contributed by atoms with E-state index in [-0.39, 0.29) is 52.8 Å². The number of allylic oxidation sites excluding steroid dienone is 2. The Kier molecular flexibility index (Phi) is 11.3. The molecule has 0 radical (unpaired) electrons. The summed E-state index contributed by atoms with van der Waals surface area (Å²) < 4.78 is 24.2. The van der Waals surface area contributed by atoms with Crippen molar-refractivity contribution in [3.05, 3.63) is 11.6 Å². The molecule has 5 aliphatic carbocycles. The molecule has 0 aromatic carbocycles. The molecule has 0 aromatic rings. The zero-order valence-corrected chi connectivity index (χ0v) is 34.1. The highest BCUT2D eigenvalue weighted by Crippen LogP contribution is 2.75. The number of hydrogen-bond donors (Lipinski definition) is 9. The molecular formula is C42H66O15. The quantitative estimate of drug-likeness (QED) is 0.123. The van der Waals surface area contributed by atoms with Gasteiger partial charge in [-0.2, -0.15) is 0 Å². The lowest BCUT2D eigenvalue weighted by atomic mass is 9.33. The largest absolute Gasteiger partial charge is 0.481 e. The molecule has 15 nitrogen and oxygen atoms in total. The second-order valence-corrected chi connectivity index (χ2v) is 20.3. The normalized spacial score (nSPS) is 55.1. The zero-order chi connectivity index (χ0) is 41.8. The van der Waals surface area contributed by atoms with Gasteiger partial charge in [-0.1, -0.05) is 46.3 Å². The topological polar surface area (TPSA) is 253 Å². The van der Waals surface area contributed by atoms with E-state index in [0.717, 1.165) is 25.7 Å². The van der Waals surface area contributed by atoms with E-state index in [0.29, 0.717) is 25.7 Å². The maximum atomic E-state index is 13.8. The van der Waals surface area contributed by atoms with Crippen LogP contribution in [0.15, 0.2) is 11.6 Å². The molecule has 20 atom stereocenters. The highest BCUT2D eigenvalue weighted by molar-refractivity contribution is 5.92. The molecule has 2 saturated heterocycles. The van der Waals surface area contributed by atoms with E-state index in [4.69, 9.17) is 18.9 Å². The molecule has 7 aliphatic rings. The fourth-order valence-electron chi connectivity index (χ4n) is 13.5. The number of Topliss-reactive ketones (excluding diaryl/α,β-unsaturated/α-hetero) is 1. The minimum Gasteiger partial charge on any atom is -0.481 e. The van der Waals surface area contributed by atoms with Crippen LogP contribution in [0.4, 0.5) is 0 Å². The molecule has 2 aliphatic heterocycles. The van der Waals surface area contributed by atoms with Crippen molar-refractivity contribution < 1.29 is 74.5 Å². The highest BCUT2D eigenvalue weighted by Gasteiger charge is 2.70. The van der Waals surface area contributed by atoms with Gasteiger partial charge in [0, 0.05) is 17.3 Å². The minimum atomic E-state index is -1.80. The number of ether oxygens (including phenoxy) is 4. The summed E-state index contributed by atoms with van der Waals surface area (Å²) in [6.45, 7) is 11.2. The minimum absolute atomic E-state index is 0.0386. The molecule has 324 valence electrons. The third kappa shape index (κ3) is 6.27. The first-order valence-corrected chi connectivity index (χ1v) is 20.9. The predicted octanol–water partition coefficient (Wildman–Crippen LogP) is 1.03. The molecule has 7 rings (SSSR count). The first kappa shape index (κ1) is 43.5. The molecule has 4 saturated carbocycles. The number of aliphatic carboxylic acids is 1. The van der Waals surface area contributed by atoms with Gasteiger partial charge in [-0.15, -0.1) is 0 Å². The highest BCUT2D eigenvalue weighted by atomic mass is 16.8. The summed E-state index contributed by atoms with van der Waals surface area (Å²) in [5.74, 6) is -0.879. The Hall–Kier alpha value is -1.60. The molecule has 9 N–H and O–H groups in total. The second kappa shape index (κ2) is 14.8. The van der Waals surface area contributed by atoms with Crippen molar-refractivity contribution in [2.75, 3.05) is 19.8 Å². The van der Waals surface area contributed by atoms with E-state index < -0.39 is 103 Å². The van der Waals surface area contributed by atoms with Gasteiger partial charge in [-0.3, -0.25) is 9.59 Å². The molecule has 0 bridgehead atoms. The van der Waals surface area contributed by atoms with Crippen LogP contribution in [-0.2, 0) is 28.5 Å². The Bertz CT molecular complexity index is 1590. The lowest BCUT2D eigenvalue weighted by molar-refractivity contribution is -0.379. The van der Waals surface area contributed by atoms with Crippen LogP contribution in [0.3, 0.4) is 0 Å². The van der Waals surface area contributed by atoms with Crippen LogP contribution < -0.4 is 0 Å². The third-order valence-electron chi connectivity index (χ3n) is 17.5. The van der Waals surface area contributed by atoms with E-state index in [9.17, 15) is 55.5 Å². The first-order chi connectivity index (χ1) is 26.6. The molecule has 0 amide bonds. The Morgan fingerprint density at radius 1 is 0.772 bits per heavy atom. The predicted molar refractivity (Wildman–Crippen MR) is 200 cm³/mol. The van der Waals surface area contributed by atoms with Gasteiger partial charge in [-0.25, -0.2) is 0 Å². The summed E-state index contributed by atoms with van der Waals surface area (Å²) in [6.07, 6.45) is -8.51. The second-order valence-electron chi connectivity index (χ2n) is 20.3. The Morgan fingerprint density at radius 2 is 1.40 bits per heavy atom.